The highest BCUT2D eigenvalue weighted by Crippen LogP contribution is 2.16. The molecule has 0 heterocycles. The number of carbonyl (C=O) groups is 1. The second-order valence-electron chi connectivity index (χ2n) is 5.11. The van der Waals surface area contributed by atoms with Gasteiger partial charge in [0.05, 0.1) is 7.11 Å². The number of benzene rings is 2. The summed E-state index contributed by atoms with van der Waals surface area (Å²) < 4.78 is 5.16. The number of hydrogen-bond acceptors (Lipinski definition) is 3. The van der Waals surface area contributed by atoms with E-state index >= 15 is 0 Å². The summed E-state index contributed by atoms with van der Waals surface area (Å²) in [4.78, 5) is 11.9. The summed E-state index contributed by atoms with van der Waals surface area (Å²) in [5.41, 5.74) is 3.29. The molecule has 0 saturated carbocycles. The molecule has 0 radical (unpaired) electrons. The van der Waals surface area contributed by atoms with Crippen LogP contribution in [-0.4, -0.2) is 19.6 Å². The van der Waals surface area contributed by atoms with Gasteiger partial charge in [-0.2, -0.15) is 0 Å². The first-order valence-corrected chi connectivity index (χ1v) is 7.38. The lowest BCUT2D eigenvalue weighted by Gasteiger charge is -2.09. The highest BCUT2D eigenvalue weighted by Gasteiger charge is 2.03. The third kappa shape index (κ3) is 4.81. The minimum Gasteiger partial charge on any atom is -0.497 e. The van der Waals surface area contributed by atoms with Crippen molar-refractivity contribution in [2.75, 3.05) is 19.0 Å². The van der Waals surface area contributed by atoms with Gasteiger partial charge in [0.2, 0.25) is 5.91 Å². The van der Waals surface area contributed by atoms with E-state index in [4.69, 9.17) is 4.74 Å². The molecule has 4 heteroatoms. The van der Waals surface area contributed by atoms with Gasteiger partial charge in [-0.3, -0.25) is 4.79 Å². The SMILES string of the molecule is COc1cccc(NCCC(=O)NCc2ccccc2C)c1. The monoisotopic (exact) mass is 298 g/mol. The summed E-state index contributed by atoms with van der Waals surface area (Å²) >= 11 is 0. The number of ether oxygens (including phenoxy) is 1. The van der Waals surface area contributed by atoms with Crippen LogP contribution in [-0.2, 0) is 11.3 Å². The summed E-state index contributed by atoms with van der Waals surface area (Å²) in [5.74, 6) is 0.840. The predicted molar refractivity (Wildman–Crippen MR) is 89.1 cm³/mol. The van der Waals surface area contributed by atoms with Crippen LogP contribution >= 0.6 is 0 Å². The number of anilines is 1. The van der Waals surface area contributed by atoms with Gasteiger partial charge in [0, 0.05) is 31.3 Å². The molecule has 0 aliphatic heterocycles. The topological polar surface area (TPSA) is 50.4 Å². The zero-order valence-electron chi connectivity index (χ0n) is 13.1. The Kier molecular flexibility index (Phi) is 5.83. The maximum absolute atomic E-state index is 11.9. The van der Waals surface area contributed by atoms with Crippen LogP contribution in [0.4, 0.5) is 5.69 Å². The molecule has 2 aromatic rings. The molecule has 1 amide bonds. The molecule has 0 bridgehead atoms. The molecule has 0 spiro atoms. The molecule has 0 aliphatic rings. The Morgan fingerprint density at radius 2 is 1.95 bits per heavy atom. The fourth-order valence-corrected chi connectivity index (χ4v) is 2.14. The number of rotatable bonds is 7. The fourth-order valence-electron chi connectivity index (χ4n) is 2.14. The molecule has 22 heavy (non-hydrogen) atoms. The van der Waals surface area contributed by atoms with E-state index in [1.807, 2.05) is 55.5 Å². The number of hydrogen-bond donors (Lipinski definition) is 2. The zero-order valence-corrected chi connectivity index (χ0v) is 13.1. The molecule has 0 atom stereocenters. The zero-order chi connectivity index (χ0) is 15.8. The van der Waals surface area contributed by atoms with Gasteiger partial charge >= 0.3 is 0 Å². The Bertz CT molecular complexity index is 626. The van der Waals surface area contributed by atoms with Gasteiger partial charge in [0.1, 0.15) is 5.75 Å². The van der Waals surface area contributed by atoms with Crippen LogP contribution in [0.15, 0.2) is 48.5 Å². The van der Waals surface area contributed by atoms with Gasteiger partial charge < -0.3 is 15.4 Å². The van der Waals surface area contributed by atoms with Crippen LogP contribution in [0.2, 0.25) is 0 Å². The second kappa shape index (κ2) is 8.08. The fraction of sp³-hybridized carbons (Fsp3) is 0.278. The molecule has 2 N–H and O–H groups in total. The standard InChI is InChI=1S/C18H22N2O2/c1-14-6-3-4-7-15(14)13-20-18(21)10-11-19-16-8-5-9-17(12-16)22-2/h3-9,12,19H,10-11,13H2,1-2H3,(H,20,21). The molecular weight excluding hydrogens is 276 g/mol. The summed E-state index contributed by atoms with van der Waals surface area (Å²) in [6.45, 7) is 3.21. The maximum atomic E-state index is 11.9. The molecule has 2 rings (SSSR count). The molecular formula is C18H22N2O2. The van der Waals surface area contributed by atoms with E-state index in [1.165, 1.54) is 5.56 Å². The highest BCUT2D eigenvalue weighted by molar-refractivity contribution is 5.76. The van der Waals surface area contributed by atoms with E-state index in [9.17, 15) is 4.79 Å². The first kappa shape index (κ1) is 15.9. The van der Waals surface area contributed by atoms with Crippen LogP contribution in [0.25, 0.3) is 0 Å². The van der Waals surface area contributed by atoms with Crippen LogP contribution in [0, 0.1) is 6.92 Å². The molecule has 0 unspecified atom stereocenters. The highest BCUT2D eigenvalue weighted by atomic mass is 16.5. The first-order chi connectivity index (χ1) is 10.7. The average Bonchev–Trinajstić information content (AvgIpc) is 2.54. The van der Waals surface area contributed by atoms with Crippen molar-refractivity contribution in [1.29, 1.82) is 0 Å². The summed E-state index contributed by atoms with van der Waals surface area (Å²) in [6, 6.07) is 15.7. The number of aryl methyl sites for hydroxylation is 1. The van der Waals surface area contributed by atoms with Gasteiger partial charge in [0.25, 0.3) is 0 Å². The molecule has 0 fully saturated rings. The van der Waals surface area contributed by atoms with E-state index in [0.717, 1.165) is 17.0 Å². The average molecular weight is 298 g/mol. The third-order valence-corrected chi connectivity index (χ3v) is 3.49. The number of methoxy groups -OCH3 is 1. The molecule has 0 aromatic heterocycles. The Hall–Kier alpha value is -2.49. The smallest absolute Gasteiger partial charge is 0.222 e. The van der Waals surface area contributed by atoms with Crippen LogP contribution in [0.1, 0.15) is 17.5 Å². The van der Waals surface area contributed by atoms with Crippen LogP contribution in [0.3, 0.4) is 0 Å². The summed E-state index contributed by atoms with van der Waals surface area (Å²) in [5, 5.41) is 6.16. The van der Waals surface area contributed by atoms with Crippen molar-refractivity contribution >= 4 is 11.6 Å². The molecule has 2 aromatic carbocycles. The van der Waals surface area contributed by atoms with Gasteiger partial charge in [0.15, 0.2) is 0 Å². The minimum absolute atomic E-state index is 0.0404. The van der Waals surface area contributed by atoms with Gasteiger partial charge in [-0.25, -0.2) is 0 Å². The lowest BCUT2D eigenvalue weighted by atomic mass is 10.1. The maximum Gasteiger partial charge on any atom is 0.222 e. The Morgan fingerprint density at radius 1 is 1.14 bits per heavy atom. The Morgan fingerprint density at radius 3 is 2.73 bits per heavy atom. The Balaban J connectivity index is 1.72. The van der Waals surface area contributed by atoms with Gasteiger partial charge in [-0.15, -0.1) is 0 Å². The lowest BCUT2D eigenvalue weighted by molar-refractivity contribution is -0.121. The van der Waals surface area contributed by atoms with Crippen molar-refractivity contribution in [3.05, 3.63) is 59.7 Å². The van der Waals surface area contributed by atoms with Crippen molar-refractivity contribution in [2.45, 2.75) is 19.9 Å². The summed E-state index contributed by atoms with van der Waals surface area (Å²) in [6.07, 6.45) is 0.434. The molecule has 0 aliphatic carbocycles. The van der Waals surface area contributed by atoms with E-state index < -0.39 is 0 Å². The lowest BCUT2D eigenvalue weighted by Crippen LogP contribution is -2.25. The quantitative estimate of drug-likeness (QED) is 0.825. The van der Waals surface area contributed by atoms with E-state index in [-0.39, 0.29) is 5.91 Å². The van der Waals surface area contributed by atoms with Gasteiger partial charge in [-0.1, -0.05) is 30.3 Å². The van der Waals surface area contributed by atoms with Crippen molar-refractivity contribution in [1.82, 2.24) is 5.32 Å². The van der Waals surface area contributed by atoms with E-state index in [2.05, 4.69) is 10.6 Å². The van der Waals surface area contributed by atoms with E-state index in [0.29, 0.717) is 19.5 Å². The number of amides is 1. The second-order valence-corrected chi connectivity index (χ2v) is 5.11. The van der Waals surface area contributed by atoms with E-state index in [1.54, 1.807) is 7.11 Å². The molecule has 116 valence electrons. The Labute approximate surface area is 131 Å². The first-order valence-electron chi connectivity index (χ1n) is 7.38. The van der Waals surface area contributed by atoms with Crippen molar-refractivity contribution in [3.8, 4) is 5.75 Å². The van der Waals surface area contributed by atoms with Crippen LogP contribution < -0.4 is 15.4 Å². The largest absolute Gasteiger partial charge is 0.497 e. The van der Waals surface area contributed by atoms with Gasteiger partial charge in [-0.05, 0) is 30.2 Å². The number of carbonyl (C=O) groups excluding carboxylic acids is 1. The van der Waals surface area contributed by atoms with Crippen molar-refractivity contribution < 1.29 is 9.53 Å². The summed E-state index contributed by atoms with van der Waals surface area (Å²) in [7, 11) is 1.64. The molecule has 4 nitrogen and oxygen atoms in total. The van der Waals surface area contributed by atoms with Crippen LogP contribution in [0.5, 0.6) is 5.75 Å². The third-order valence-electron chi connectivity index (χ3n) is 3.49. The minimum atomic E-state index is 0.0404. The normalized spacial score (nSPS) is 10.1. The number of nitrogens with one attached hydrogen (secondary N) is 2. The predicted octanol–water partition coefficient (Wildman–Crippen LogP) is 3.12. The van der Waals surface area contributed by atoms with Crippen molar-refractivity contribution in [3.63, 3.8) is 0 Å². The molecule has 0 saturated heterocycles. The van der Waals surface area contributed by atoms with Crippen molar-refractivity contribution in [2.24, 2.45) is 0 Å².